The normalized spacial score (nSPS) is 31.1. The molecule has 0 atom stereocenters. The summed E-state index contributed by atoms with van der Waals surface area (Å²) >= 11 is 0. The van der Waals surface area contributed by atoms with Crippen LogP contribution in [0.4, 0.5) is 4.39 Å². The van der Waals surface area contributed by atoms with Crippen molar-refractivity contribution in [2.75, 3.05) is 13.1 Å². The van der Waals surface area contributed by atoms with Gasteiger partial charge in [-0.2, -0.15) is 0 Å². The first-order chi connectivity index (χ1) is 9.48. The third-order valence-corrected chi connectivity index (χ3v) is 4.95. The zero-order chi connectivity index (χ0) is 14.4. The lowest BCUT2D eigenvalue weighted by Crippen LogP contribution is -2.21. The molecule has 1 aromatic carbocycles. The molecule has 20 heavy (non-hydrogen) atoms. The van der Waals surface area contributed by atoms with Gasteiger partial charge in [-0.3, -0.25) is 0 Å². The first-order valence-electron chi connectivity index (χ1n) is 7.64. The summed E-state index contributed by atoms with van der Waals surface area (Å²) < 4.78 is 13.5. The Labute approximate surface area is 121 Å². The van der Waals surface area contributed by atoms with Gasteiger partial charge in [0.2, 0.25) is 0 Å². The van der Waals surface area contributed by atoms with E-state index in [-0.39, 0.29) is 5.41 Å². The van der Waals surface area contributed by atoms with Crippen LogP contribution < -0.4 is 5.32 Å². The van der Waals surface area contributed by atoms with E-state index in [2.05, 4.69) is 50.4 Å². The number of nitrogens with one attached hydrogen (secondary N) is 1. The highest BCUT2D eigenvalue weighted by atomic mass is 19.1. The fourth-order valence-corrected chi connectivity index (χ4v) is 3.15. The summed E-state index contributed by atoms with van der Waals surface area (Å²) in [4.78, 5) is 0. The quantitative estimate of drug-likeness (QED) is 0.824. The summed E-state index contributed by atoms with van der Waals surface area (Å²) in [7, 11) is 0. The Kier molecular flexibility index (Phi) is 3.24. The second kappa shape index (κ2) is 4.70. The Balaban J connectivity index is 1.54. The van der Waals surface area contributed by atoms with Crippen molar-refractivity contribution in [3.05, 3.63) is 40.5 Å². The topological polar surface area (TPSA) is 12.0 Å². The van der Waals surface area contributed by atoms with Crippen molar-refractivity contribution in [3.8, 4) is 0 Å². The minimum atomic E-state index is -0.774. The number of hydrogen-bond acceptors (Lipinski definition) is 1. The average molecular weight is 273 g/mol. The molecule has 2 fully saturated rings. The Morgan fingerprint density at radius 1 is 1.40 bits per heavy atom. The predicted molar refractivity (Wildman–Crippen MR) is 82.6 cm³/mol. The summed E-state index contributed by atoms with van der Waals surface area (Å²) in [6, 6.07) is 6.66. The first-order valence-corrected chi connectivity index (χ1v) is 7.64. The molecule has 3 rings (SSSR count). The number of hydrogen-bond donors (Lipinski definition) is 1. The number of benzene rings is 1. The molecule has 1 nitrogen and oxygen atoms in total. The zero-order valence-corrected chi connectivity index (χ0v) is 12.7. The van der Waals surface area contributed by atoms with Gasteiger partial charge >= 0.3 is 0 Å². The molecule has 1 N–H and O–H groups in total. The number of halogens is 1. The van der Waals surface area contributed by atoms with Crippen molar-refractivity contribution in [1.29, 1.82) is 0 Å². The van der Waals surface area contributed by atoms with E-state index < -0.39 is 5.67 Å². The van der Waals surface area contributed by atoms with Gasteiger partial charge in [-0.1, -0.05) is 36.8 Å². The average Bonchev–Trinajstić information content (AvgIpc) is 3.16. The van der Waals surface area contributed by atoms with Gasteiger partial charge in [0.05, 0.1) is 0 Å². The summed E-state index contributed by atoms with van der Waals surface area (Å²) in [5.41, 5.74) is 4.57. The highest BCUT2D eigenvalue weighted by Gasteiger charge is 2.84. The van der Waals surface area contributed by atoms with E-state index in [1.807, 2.05) is 0 Å². The van der Waals surface area contributed by atoms with Gasteiger partial charge in [0, 0.05) is 18.5 Å². The third-order valence-electron chi connectivity index (χ3n) is 4.95. The molecule has 2 aliphatic rings. The van der Waals surface area contributed by atoms with E-state index in [1.165, 1.54) is 22.3 Å². The summed E-state index contributed by atoms with van der Waals surface area (Å²) in [5.74, 6) is 0. The number of rotatable bonds is 6. The summed E-state index contributed by atoms with van der Waals surface area (Å²) in [5, 5.41) is 3.41. The maximum absolute atomic E-state index is 13.5. The van der Waals surface area contributed by atoms with E-state index in [4.69, 9.17) is 0 Å². The molecule has 0 aliphatic heterocycles. The Morgan fingerprint density at radius 2 is 2.10 bits per heavy atom. The van der Waals surface area contributed by atoms with Crippen LogP contribution in [0.15, 0.2) is 23.8 Å². The predicted octanol–water partition coefficient (Wildman–Crippen LogP) is 4.05. The lowest BCUT2D eigenvalue weighted by Gasteiger charge is -2.08. The minimum Gasteiger partial charge on any atom is -0.312 e. The highest BCUT2D eigenvalue weighted by Crippen LogP contribution is 2.80. The SMILES string of the molecule is CCc1ccc(/C=C(\C)CNCC23CC2(F)C3)c(C)c1. The van der Waals surface area contributed by atoms with Crippen LogP contribution in [0.3, 0.4) is 0 Å². The largest absolute Gasteiger partial charge is 0.312 e. The molecule has 0 radical (unpaired) electrons. The van der Waals surface area contributed by atoms with Crippen LogP contribution in [0.25, 0.3) is 6.08 Å². The van der Waals surface area contributed by atoms with E-state index in [9.17, 15) is 4.39 Å². The third kappa shape index (κ3) is 2.42. The minimum absolute atomic E-state index is 0.0337. The highest BCUT2D eigenvalue weighted by molar-refractivity contribution is 5.57. The number of alkyl halides is 1. The molecule has 0 bridgehead atoms. The van der Waals surface area contributed by atoms with Gasteiger partial charge in [-0.15, -0.1) is 0 Å². The molecule has 0 amide bonds. The van der Waals surface area contributed by atoms with Gasteiger partial charge in [-0.25, -0.2) is 4.39 Å². The van der Waals surface area contributed by atoms with Crippen LogP contribution in [0.2, 0.25) is 0 Å². The van der Waals surface area contributed by atoms with Crippen LogP contribution in [0, 0.1) is 12.3 Å². The van der Waals surface area contributed by atoms with Crippen molar-refractivity contribution in [3.63, 3.8) is 0 Å². The van der Waals surface area contributed by atoms with Gasteiger partial charge in [0.15, 0.2) is 0 Å². The van der Waals surface area contributed by atoms with Crippen LogP contribution in [0.1, 0.15) is 43.4 Å². The molecular weight excluding hydrogens is 249 g/mol. The maximum atomic E-state index is 13.5. The van der Waals surface area contributed by atoms with Crippen molar-refractivity contribution < 1.29 is 4.39 Å². The molecule has 0 spiro atoms. The lowest BCUT2D eigenvalue weighted by atomic mass is 10.0. The monoisotopic (exact) mass is 273 g/mol. The van der Waals surface area contributed by atoms with E-state index >= 15 is 0 Å². The molecule has 2 heteroatoms. The first kappa shape index (κ1) is 13.8. The molecule has 1 aromatic rings. The van der Waals surface area contributed by atoms with Crippen molar-refractivity contribution in [2.45, 2.75) is 45.7 Å². The van der Waals surface area contributed by atoms with Gasteiger partial charge in [0.1, 0.15) is 5.67 Å². The van der Waals surface area contributed by atoms with E-state index in [0.29, 0.717) is 0 Å². The summed E-state index contributed by atoms with van der Waals surface area (Å²) in [6.07, 6.45) is 4.89. The Hall–Kier alpha value is -1.15. The Morgan fingerprint density at radius 3 is 2.65 bits per heavy atom. The molecule has 2 saturated carbocycles. The molecule has 0 saturated heterocycles. The van der Waals surface area contributed by atoms with Crippen LogP contribution in [-0.4, -0.2) is 18.8 Å². The second-order valence-corrected chi connectivity index (χ2v) is 6.74. The number of fused-ring (bicyclic) bond motifs is 1. The Bertz CT molecular complexity index is 553. The number of aryl methyl sites for hydroxylation is 2. The van der Waals surface area contributed by atoms with Crippen LogP contribution in [0.5, 0.6) is 0 Å². The van der Waals surface area contributed by atoms with Gasteiger partial charge < -0.3 is 5.32 Å². The molecular formula is C18H24FN. The van der Waals surface area contributed by atoms with Gasteiger partial charge in [0.25, 0.3) is 0 Å². The van der Waals surface area contributed by atoms with Crippen LogP contribution in [-0.2, 0) is 6.42 Å². The molecule has 0 heterocycles. The molecule has 2 aliphatic carbocycles. The zero-order valence-electron chi connectivity index (χ0n) is 12.7. The molecule has 0 aromatic heterocycles. The van der Waals surface area contributed by atoms with Crippen molar-refractivity contribution >= 4 is 6.08 Å². The second-order valence-electron chi connectivity index (χ2n) is 6.74. The maximum Gasteiger partial charge on any atom is 0.119 e. The fraction of sp³-hybridized carbons (Fsp3) is 0.556. The fourth-order valence-electron chi connectivity index (χ4n) is 3.15. The molecule has 108 valence electrons. The van der Waals surface area contributed by atoms with Crippen molar-refractivity contribution in [1.82, 2.24) is 5.32 Å². The van der Waals surface area contributed by atoms with E-state index in [1.54, 1.807) is 0 Å². The smallest absolute Gasteiger partial charge is 0.119 e. The van der Waals surface area contributed by atoms with Crippen molar-refractivity contribution in [2.24, 2.45) is 5.41 Å². The van der Waals surface area contributed by atoms with E-state index in [0.717, 1.165) is 32.4 Å². The van der Waals surface area contributed by atoms with Crippen LogP contribution >= 0.6 is 0 Å². The molecule has 0 unspecified atom stereocenters. The summed E-state index contributed by atoms with van der Waals surface area (Å²) in [6.45, 7) is 8.17. The van der Waals surface area contributed by atoms with Gasteiger partial charge in [-0.05, 0) is 49.8 Å². The standard InChI is InChI=1S/C18H24FN/c1-4-15-5-6-16(14(3)8-15)7-13(2)9-20-12-17-10-18(17,19)11-17/h5-8,20H,4,9-12H2,1-3H3/b13-7+. The lowest BCUT2D eigenvalue weighted by molar-refractivity contribution is 0.390.